The average Bonchev–Trinajstić information content (AvgIpc) is 3.11. The van der Waals surface area contributed by atoms with Crippen molar-refractivity contribution in [3.05, 3.63) is 103 Å². The molecule has 1 saturated heterocycles. The molecule has 1 heterocycles. The molecule has 0 spiro atoms. The van der Waals surface area contributed by atoms with Crippen molar-refractivity contribution in [2.75, 3.05) is 7.11 Å². The number of para-hydroxylation sites is 1. The van der Waals surface area contributed by atoms with Gasteiger partial charge in [-0.15, -0.1) is 0 Å². The number of thioether (sulfide) groups is 1. The Hall–Kier alpha value is -3.82. The molecule has 0 radical (unpaired) electrons. The van der Waals surface area contributed by atoms with Gasteiger partial charge in [0.25, 0.3) is 16.8 Å². The molecule has 8 nitrogen and oxygen atoms in total. The first-order valence-corrected chi connectivity index (χ1v) is 11.6. The highest BCUT2D eigenvalue weighted by Crippen LogP contribution is 2.36. The van der Waals surface area contributed by atoms with Gasteiger partial charge < -0.3 is 9.47 Å². The number of benzene rings is 3. The van der Waals surface area contributed by atoms with Gasteiger partial charge in [-0.2, -0.15) is 0 Å². The first-order chi connectivity index (χ1) is 16.9. The highest BCUT2D eigenvalue weighted by atomic mass is 35.5. The molecule has 0 atom stereocenters. The number of halogens is 1. The van der Waals surface area contributed by atoms with E-state index in [1.807, 2.05) is 12.1 Å². The van der Waals surface area contributed by atoms with Crippen LogP contribution in [-0.4, -0.2) is 28.1 Å². The lowest BCUT2D eigenvalue weighted by Gasteiger charge is -2.13. The number of ether oxygens (including phenoxy) is 2. The minimum absolute atomic E-state index is 0.145. The van der Waals surface area contributed by atoms with Crippen LogP contribution in [0.25, 0.3) is 6.08 Å². The maximum atomic E-state index is 12.9. The van der Waals surface area contributed by atoms with E-state index in [4.69, 9.17) is 21.1 Å². The molecule has 1 fully saturated rings. The van der Waals surface area contributed by atoms with Crippen molar-refractivity contribution in [1.29, 1.82) is 0 Å². The number of methoxy groups -OCH3 is 1. The largest absolute Gasteiger partial charge is 0.493 e. The quantitative estimate of drug-likeness (QED) is 0.206. The van der Waals surface area contributed by atoms with Gasteiger partial charge in [-0.25, -0.2) is 0 Å². The Morgan fingerprint density at radius 2 is 1.80 bits per heavy atom. The van der Waals surface area contributed by atoms with Crippen LogP contribution in [0.2, 0.25) is 5.02 Å². The lowest BCUT2D eigenvalue weighted by molar-refractivity contribution is -0.385. The summed E-state index contributed by atoms with van der Waals surface area (Å²) in [5, 5.41) is 11.4. The summed E-state index contributed by atoms with van der Waals surface area (Å²) in [6.45, 7) is 0.0978. The van der Waals surface area contributed by atoms with Gasteiger partial charge in [0, 0.05) is 16.7 Å². The van der Waals surface area contributed by atoms with Crippen LogP contribution in [0.3, 0.4) is 0 Å². The van der Waals surface area contributed by atoms with Gasteiger partial charge in [0.15, 0.2) is 11.5 Å². The van der Waals surface area contributed by atoms with Crippen molar-refractivity contribution in [3.63, 3.8) is 0 Å². The Bertz CT molecular complexity index is 1330. The van der Waals surface area contributed by atoms with Crippen LogP contribution < -0.4 is 9.47 Å². The van der Waals surface area contributed by atoms with Crippen molar-refractivity contribution in [1.82, 2.24) is 4.90 Å². The standard InChI is InChI=1S/C25H19ClN2O6S/c1-33-21-11-8-17(12-22(21)34-15-16-6-9-19(26)10-7-16)13-23-24(29)27(25(30)35-23)14-18-4-2-3-5-20(18)28(31)32/h2-13H,14-15H2,1H3/b23-13-. The van der Waals surface area contributed by atoms with Crippen molar-refractivity contribution in [2.45, 2.75) is 13.2 Å². The number of rotatable bonds is 8. The summed E-state index contributed by atoms with van der Waals surface area (Å²) in [6, 6.07) is 18.4. The van der Waals surface area contributed by atoms with Crippen molar-refractivity contribution >= 4 is 46.3 Å². The lowest BCUT2D eigenvalue weighted by Crippen LogP contribution is -2.27. The van der Waals surface area contributed by atoms with E-state index in [-0.39, 0.29) is 29.3 Å². The van der Waals surface area contributed by atoms with Crippen molar-refractivity contribution in [3.8, 4) is 11.5 Å². The summed E-state index contributed by atoms with van der Waals surface area (Å²) >= 11 is 6.70. The molecule has 0 aliphatic carbocycles. The zero-order valence-electron chi connectivity index (χ0n) is 18.5. The number of carbonyl (C=O) groups is 2. The van der Waals surface area contributed by atoms with Gasteiger partial charge in [-0.3, -0.25) is 24.6 Å². The van der Waals surface area contributed by atoms with Gasteiger partial charge in [0.05, 0.1) is 23.5 Å². The van der Waals surface area contributed by atoms with E-state index in [2.05, 4.69) is 0 Å². The number of hydrogen-bond donors (Lipinski definition) is 0. The third-order valence-electron chi connectivity index (χ3n) is 5.18. The number of amides is 2. The average molecular weight is 511 g/mol. The van der Waals surface area contributed by atoms with E-state index in [1.165, 1.54) is 25.3 Å². The SMILES string of the molecule is COc1ccc(/C=C2\SC(=O)N(Cc3ccccc3[N+](=O)[O-])C2=O)cc1OCc1ccc(Cl)cc1. The molecule has 0 unspecified atom stereocenters. The minimum Gasteiger partial charge on any atom is -0.493 e. The number of nitro benzene ring substituents is 1. The molecule has 1 aliphatic heterocycles. The molecule has 2 amide bonds. The van der Waals surface area contributed by atoms with Crippen LogP contribution in [-0.2, 0) is 17.9 Å². The molecular weight excluding hydrogens is 492 g/mol. The first kappa shape index (κ1) is 24.3. The summed E-state index contributed by atoms with van der Waals surface area (Å²) < 4.78 is 11.3. The summed E-state index contributed by atoms with van der Waals surface area (Å²) in [5.74, 6) is 0.466. The fourth-order valence-electron chi connectivity index (χ4n) is 3.42. The van der Waals surface area contributed by atoms with Crippen LogP contribution in [0.4, 0.5) is 10.5 Å². The van der Waals surface area contributed by atoms with Gasteiger partial charge in [-0.05, 0) is 53.2 Å². The van der Waals surface area contributed by atoms with E-state index < -0.39 is 16.1 Å². The molecule has 1 aliphatic rings. The Balaban J connectivity index is 1.53. The third-order valence-corrected chi connectivity index (χ3v) is 6.34. The van der Waals surface area contributed by atoms with Crippen LogP contribution >= 0.6 is 23.4 Å². The van der Waals surface area contributed by atoms with Crippen LogP contribution in [0.5, 0.6) is 11.5 Å². The number of carbonyl (C=O) groups excluding carboxylic acids is 2. The molecule has 3 aromatic carbocycles. The number of imide groups is 1. The number of nitro groups is 1. The van der Waals surface area contributed by atoms with Crippen LogP contribution in [0, 0.1) is 10.1 Å². The Labute approximate surface area is 210 Å². The third kappa shape index (κ3) is 5.64. The first-order valence-electron chi connectivity index (χ1n) is 10.4. The van der Waals surface area contributed by atoms with Gasteiger partial charge >= 0.3 is 0 Å². The maximum absolute atomic E-state index is 12.9. The Morgan fingerprint density at radius 3 is 2.51 bits per heavy atom. The van der Waals surface area contributed by atoms with Gasteiger partial charge in [-0.1, -0.05) is 48.0 Å². The van der Waals surface area contributed by atoms with E-state index in [0.717, 1.165) is 22.2 Å². The molecule has 178 valence electrons. The Kier molecular flexibility index (Phi) is 7.38. The van der Waals surface area contributed by atoms with E-state index in [0.29, 0.717) is 22.1 Å². The zero-order valence-corrected chi connectivity index (χ0v) is 20.0. The van der Waals surface area contributed by atoms with E-state index in [1.54, 1.807) is 42.5 Å². The predicted molar refractivity (Wildman–Crippen MR) is 133 cm³/mol. The predicted octanol–water partition coefficient (Wildman–Crippen LogP) is 6.07. The molecule has 35 heavy (non-hydrogen) atoms. The highest BCUT2D eigenvalue weighted by Gasteiger charge is 2.36. The fraction of sp³-hybridized carbons (Fsp3) is 0.120. The minimum atomic E-state index is -0.535. The summed E-state index contributed by atoms with van der Waals surface area (Å²) in [6.07, 6.45) is 1.58. The molecule has 3 aromatic rings. The second-order valence-electron chi connectivity index (χ2n) is 7.48. The molecule has 0 bridgehead atoms. The number of nitrogens with zero attached hydrogens (tertiary/aromatic N) is 2. The second-order valence-corrected chi connectivity index (χ2v) is 8.91. The van der Waals surface area contributed by atoms with Crippen LogP contribution in [0.15, 0.2) is 71.6 Å². The summed E-state index contributed by atoms with van der Waals surface area (Å²) in [4.78, 5) is 37.4. The second kappa shape index (κ2) is 10.6. The number of hydrogen-bond acceptors (Lipinski definition) is 7. The van der Waals surface area contributed by atoms with Crippen molar-refractivity contribution in [2.24, 2.45) is 0 Å². The van der Waals surface area contributed by atoms with Crippen molar-refractivity contribution < 1.29 is 24.0 Å². The fourth-order valence-corrected chi connectivity index (χ4v) is 4.38. The summed E-state index contributed by atoms with van der Waals surface area (Å²) in [7, 11) is 1.53. The molecule has 0 aromatic heterocycles. The maximum Gasteiger partial charge on any atom is 0.293 e. The molecule has 0 N–H and O–H groups in total. The smallest absolute Gasteiger partial charge is 0.293 e. The molecule has 4 rings (SSSR count). The van der Waals surface area contributed by atoms with E-state index >= 15 is 0 Å². The topological polar surface area (TPSA) is 99.0 Å². The highest BCUT2D eigenvalue weighted by molar-refractivity contribution is 8.18. The monoisotopic (exact) mass is 510 g/mol. The summed E-state index contributed by atoms with van der Waals surface area (Å²) in [5.41, 5.74) is 1.68. The lowest BCUT2D eigenvalue weighted by atomic mass is 10.1. The molecule has 10 heteroatoms. The van der Waals surface area contributed by atoms with Crippen LogP contribution in [0.1, 0.15) is 16.7 Å². The zero-order chi connectivity index (χ0) is 24.9. The van der Waals surface area contributed by atoms with Gasteiger partial charge in [0.2, 0.25) is 0 Å². The van der Waals surface area contributed by atoms with Gasteiger partial charge in [0.1, 0.15) is 6.61 Å². The Morgan fingerprint density at radius 1 is 1.06 bits per heavy atom. The van der Waals surface area contributed by atoms with E-state index in [9.17, 15) is 19.7 Å². The molecular formula is C25H19ClN2O6S. The normalized spacial score (nSPS) is 14.5. The molecule has 0 saturated carbocycles.